The zero-order valence-electron chi connectivity index (χ0n) is 11.8. The summed E-state index contributed by atoms with van der Waals surface area (Å²) in [6.45, 7) is 0. The van der Waals surface area contributed by atoms with Crippen LogP contribution in [0.5, 0.6) is 5.75 Å². The third kappa shape index (κ3) is 2.34. The van der Waals surface area contributed by atoms with Gasteiger partial charge < -0.3 is 4.74 Å². The standard InChI is InChI=1S/C19H15NO/c1-21-19-12-11-16(15-9-5-6-10-17(15)19)18(13-20)14-7-3-2-4-8-14/h2-12,18H,1H3/t18-/m0/s1. The van der Waals surface area contributed by atoms with Crippen molar-refractivity contribution in [2.45, 2.75) is 5.92 Å². The summed E-state index contributed by atoms with van der Waals surface area (Å²) in [4.78, 5) is 0. The van der Waals surface area contributed by atoms with Crippen LogP contribution in [0.25, 0.3) is 10.8 Å². The predicted octanol–water partition coefficient (Wildman–Crippen LogP) is 4.50. The molecule has 0 bridgehead atoms. The summed E-state index contributed by atoms with van der Waals surface area (Å²) in [5, 5.41) is 11.7. The highest BCUT2D eigenvalue weighted by Crippen LogP contribution is 2.34. The Hall–Kier alpha value is -2.79. The van der Waals surface area contributed by atoms with Crippen LogP contribution in [0.2, 0.25) is 0 Å². The van der Waals surface area contributed by atoms with E-state index in [9.17, 15) is 5.26 Å². The van der Waals surface area contributed by atoms with Crippen molar-refractivity contribution in [3.8, 4) is 11.8 Å². The maximum atomic E-state index is 9.64. The van der Waals surface area contributed by atoms with E-state index in [0.717, 1.165) is 27.6 Å². The number of benzene rings is 3. The molecule has 3 aromatic rings. The van der Waals surface area contributed by atoms with Crippen LogP contribution in [0.4, 0.5) is 0 Å². The molecule has 1 atom stereocenters. The van der Waals surface area contributed by atoms with E-state index in [0.29, 0.717) is 0 Å². The second kappa shape index (κ2) is 5.68. The lowest BCUT2D eigenvalue weighted by molar-refractivity contribution is 0.419. The number of hydrogen-bond donors (Lipinski definition) is 0. The molecule has 102 valence electrons. The number of ether oxygens (including phenoxy) is 1. The highest BCUT2D eigenvalue weighted by molar-refractivity contribution is 5.92. The normalized spacial score (nSPS) is 11.8. The molecule has 0 saturated carbocycles. The summed E-state index contributed by atoms with van der Waals surface area (Å²) in [6.07, 6.45) is 0. The molecule has 0 spiro atoms. The van der Waals surface area contributed by atoms with Crippen LogP contribution < -0.4 is 4.74 Å². The Labute approximate surface area is 124 Å². The van der Waals surface area contributed by atoms with Crippen molar-refractivity contribution in [3.05, 3.63) is 77.9 Å². The average Bonchev–Trinajstić information content (AvgIpc) is 2.56. The van der Waals surface area contributed by atoms with E-state index in [4.69, 9.17) is 4.74 Å². The van der Waals surface area contributed by atoms with Gasteiger partial charge in [0.05, 0.1) is 19.1 Å². The molecule has 0 heterocycles. The fourth-order valence-electron chi connectivity index (χ4n) is 2.69. The number of rotatable bonds is 3. The maximum absolute atomic E-state index is 9.64. The Bertz CT molecular complexity index is 803. The van der Waals surface area contributed by atoms with Crippen molar-refractivity contribution in [1.82, 2.24) is 0 Å². The molecule has 2 nitrogen and oxygen atoms in total. The van der Waals surface area contributed by atoms with Crippen LogP contribution in [-0.4, -0.2) is 7.11 Å². The maximum Gasteiger partial charge on any atom is 0.126 e. The van der Waals surface area contributed by atoms with Gasteiger partial charge in [-0.3, -0.25) is 0 Å². The molecule has 3 rings (SSSR count). The molecule has 0 unspecified atom stereocenters. The highest BCUT2D eigenvalue weighted by Gasteiger charge is 2.17. The molecule has 0 aliphatic heterocycles. The summed E-state index contributed by atoms with van der Waals surface area (Å²) >= 11 is 0. The van der Waals surface area contributed by atoms with Crippen LogP contribution in [0.15, 0.2) is 66.7 Å². The summed E-state index contributed by atoms with van der Waals surface area (Å²) < 4.78 is 5.42. The van der Waals surface area contributed by atoms with Crippen molar-refractivity contribution >= 4 is 10.8 Å². The molecule has 0 radical (unpaired) electrons. The third-order valence-electron chi connectivity index (χ3n) is 3.71. The topological polar surface area (TPSA) is 33.0 Å². The lowest BCUT2D eigenvalue weighted by Gasteiger charge is -2.15. The Morgan fingerprint density at radius 3 is 2.19 bits per heavy atom. The molecule has 3 aromatic carbocycles. The molecule has 0 amide bonds. The summed E-state index contributed by atoms with van der Waals surface area (Å²) in [5.74, 6) is 0.557. The minimum atomic E-state index is -0.276. The fraction of sp³-hybridized carbons (Fsp3) is 0.105. The smallest absolute Gasteiger partial charge is 0.126 e. The average molecular weight is 273 g/mol. The molecular formula is C19H15NO. The first-order valence-corrected chi connectivity index (χ1v) is 6.85. The van der Waals surface area contributed by atoms with Crippen LogP contribution in [0.3, 0.4) is 0 Å². The van der Waals surface area contributed by atoms with Gasteiger partial charge in [-0.05, 0) is 22.6 Å². The number of nitrogens with zero attached hydrogens (tertiary/aromatic N) is 1. The fourth-order valence-corrected chi connectivity index (χ4v) is 2.69. The minimum absolute atomic E-state index is 0.276. The number of nitriles is 1. The predicted molar refractivity (Wildman–Crippen MR) is 84.4 cm³/mol. The van der Waals surface area contributed by atoms with Crippen molar-refractivity contribution in [3.63, 3.8) is 0 Å². The highest BCUT2D eigenvalue weighted by atomic mass is 16.5. The molecule has 0 aliphatic rings. The molecule has 0 fully saturated rings. The lowest BCUT2D eigenvalue weighted by atomic mass is 9.89. The Kier molecular flexibility index (Phi) is 3.57. The van der Waals surface area contributed by atoms with Crippen molar-refractivity contribution in [2.24, 2.45) is 0 Å². The van der Waals surface area contributed by atoms with Gasteiger partial charge in [0.2, 0.25) is 0 Å². The van der Waals surface area contributed by atoms with E-state index in [1.54, 1.807) is 7.11 Å². The summed E-state index contributed by atoms with van der Waals surface area (Å²) in [6, 6.07) is 24.3. The van der Waals surface area contributed by atoms with E-state index in [1.165, 1.54) is 0 Å². The third-order valence-corrected chi connectivity index (χ3v) is 3.71. The molecule has 0 saturated heterocycles. The van der Waals surface area contributed by atoms with E-state index < -0.39 is 0 Å². The van der Waals surface area contributed by atoms with Crippen molar-refractivity contribution in [1.29, 1.82) is 5.26 Å². The van der Waals surface area contributed by atoms with Crippen molar-refractivity contribution < 1.29 is 4.74 Å². The lowest BCUT2D eigenvalue weighted by Crippen LogP contribution is -2.00. The molecular weight excluding hydrogens is 258 g/mol. The van der Waals surface area contributed by atoms with Crippen molar-refractivity contribution in [2.75, 3.05) is 7.11 Å². The van der Waals surface area contributed by atoms with Crippen LogP contribution in [0.1, 0.15) is 17.0 Å². The number of fused-ring (bicyclic) bond motifs is 1. The minimum Gasteiger partial charge on any atom is -0.496 e. The van der Waals surface area contributed by atoms with Gasteiger partial charge in [-0.2, -0.15) is 5.26 Å². The molecule has 0 aromatic heterocycles. The van der Waals surface area contributed by atoms with Crippen LogP contribution >= 0.6 is 0 Å². The second-order valence-corrected chi connectivity index (χ2v) is 4.88. The van der Waals surface area contributed by atoms with Gasteiger partial charge >= 0.3 is 0 Å². The second-order valence-electron chi connectivity index (χ2n) is 4.88. The van der Waals surface area contributed by atoms with E-state index in [1.807, 2.05) is 66.7 Å². The molecule has 0 aliphatic carbocycles. The van der Waals surface area contributed by atoms with Gasteiger partial charge in [0.1, 0.15) is 5.75 Å². The molecule has 0 N–H and O–H groups in total. The number of methoxy groups -OCH3 is 1. The first-order chi connectivity index (χ1) is 10.3. The van der Waals surface area contributed by atoms with E-state index in [-0.39, 0.29) is 5.92 Å². The first-order valence-electron chi connectivity index (χ1n) is 6.85. The molecule has 2 heteroatoms. The van der Waals surface area contributed by atoms with Crippen LogP contribution in [-0.2, 0) is 0 Å². The summed E-state index contributed by atoms with van der Waals surface area (Å²) in [5.41, 5.74) is 2.02. The molecule has 21 heavy (non-hydrogen) atoms. The zero-order valence-corrected chi connectivity index (χ0v) is 11.8. The van der Waals surface area contributed by atoms with Gasteiger partial charge in [-0.1, -0.05) is 60.7 Å². The summed E-state index contributed by atoms with van der Waals surface area (Å²) in [7, 11) is 1.67. The van der Waals surface area contributed by atoms with E-state index in [2.05, 4.69) is 6.07 Å². The zero-order chi connectivity index (χ0) is 14.7. The SMILES string of the molecule is COc1ccc([C@@H](C#N)c2ccccc2)c2ccccc12. The van der Waals surface area contributed by atoms with Crippen LogP contribution in [0, 0.1) is 11.3 Å². The quantitative estimate of drug-likeness (QED) is 0.703. The van der Waals surface area contributed by atoms with Gasteiger partial charge in [-0.25, -0.2) is 0 Å². The van der Waals surface area contributed by atoms with Gasteiger partial charge in [0.25, 0.3) is 0 Å². The Morgan fingerprint density at radius 1 is 0.857 bits per heavy atom. The monoisotopic (exact) mass is 273 g/mol. The van der Waals surface area contributed by atoms with Gasteiger partial charge in [0, 0.05) is 5.39 Å². The van der Waals surface area contributed by atoms with E-state index >= 15 is 0 Å². The first kappa shape index (κ1) is 13.2. The Morgan fingerprint density at radius 2 is 1.52 bits per heavy atom. The largest absolute Gasteiger partial charge is 0.496 e. The number of hydrogen-bond acceptors (Lipinski definition) is 2. The Balaban J connectivity index is 2.23. The van der Waals surface area contributed by atoms with Gasteiger partial charge in [0.15, 0.2) is 0 Å². The van der Waals surface area contributed by atoms with Gasteiger partial charge in [-0.15, -0.1) is 0 Å².